The minimum Gasteiger partial charge on any atom is -0.373 e. The molecule has 3 rings (SSSR count). The fraction of sp³-hybridized carbons (Fsp3) is 0.0769. The van der Waals surface area contributed by atoms with Gasteiger partial charge in [0.1, 0.15) is 17.5 Å². The van der Waals surface area contributed by atoms with Gasteiger partial charge in [-0.25, -0.2) is 14.4 Å². The summed E-state index contributed by atoms with van der Waals surface area (Å²) < 4.78 is 14.6. The molecule has 96 valence electrons. The highest BCUT2D eigenvalue weighted by Gasteiger charge is 2.11. The minimum atomic E-state index is -0.331. The van der Waals surface area contributed by atoms with E-state index in [0.29, 0.717) is 21.5 Å². The highest BCUT2D eigenvalue weighted by atomic mass is 79.9. The summed E-state index contributed by atoms with van der Waals surface area (Å²) in [7, 11) is 1.79. The van der Waals surface area contributed by atoms with Crippen molar-refractivity contribution in [1.29, 1.82) is 0 Å². The zero-order valence-electron chi connectivity index (χ0n) is 10.0. The van der Waals surface area contributed by atoms with Gasteiger partial charge in [-0.3, -0.25) is 0 Å². The lowest BCUT2D eigenvalue weighted by Gasteiger charge is -1.99. The summed E-state index contributed by atoms with van der Waals surface area (Å²) in [5.41, 5.74) is 1.76. The summed E-state index contributed by atoms with van der Waals surface area (Å²) in [6.07, 6.45) is 0. The number of aromatic amines is 1. The number of imidazole rings is 1. The largest absolute Gasteiger partial charge is 0.373 e. The van der Waals surface area contributed by atoms with Crippen LogP contribution < -0.4 is 5.32 Å². The van der Waals surface area contributed by atoms with Crippen LogP contribution in [0.2, 0.25) is 0 Å². The van der Waals surface area contributed by atoms with Gasteiger partial charge in [0.15, 0.2) is 5.65 Å². The third-order valence-corrected chi connectivity index (χ3v) is 3.28. The van der Waals surface area contributed by atoms with Gasteiger partial charge < -0.3 is 10.3 Å². The molecule has 2 heterocycles. The predicted molar refractivity (Wildman–Crippen MR) is 76.5 cm³/mol. The molecule has 1 aromatic carbocycles. The normalized spacial score (nSPS) is 10.9. The summed E-state index contributed by atoms with van der Waals surface area (Å²) in [6, 6.07) is 8.56. The first-order valence-electron chi connectivity index (χ1n) is 5.67. The number of benzene rings is 1. The van der Waals surface area contributed by atoms with Gasteiger partial charge in [0.2, 0.25) is 0 Å². The van der Waals surface area contributed by atoms with Crippen molar-refractivity contribution in [3.05, 3.63) is 40.6 Å². The fourth-order valence-corrected chi connectivity index (χ4v) is 2.17. The minimum absolute atomic E-state index is 0.331. The molecular weight excluding hydrogens is 311 g/mol. The van der Waals surface area contributed by atoms with Crippen LogP contribution in [0.25, 0.3) is 22.6 Å². The molecule has 19 heavy (non-hydrogen) atoms. The molecule has 0 aliphatic rings. The van der Waals surface area contributed by atoms with E-state index in [9.17, 15) is 4.39 Å². The van der Waals surface area contributed by atoms with Crippen LogP contribution in [-0.2, 0) is 0 Å². The first kappa shape index (κ1) is 12.1. The average molecular weight is 321 g/mol. The number of halogens is 2. The Kier molecular flexibility index (Phi) is 2.94. The van der Waals surface area contributed by atoms with Crippen molar-refractivity contribution >= 4 is 32.9 Å². The molecule has 0 bridgehead atoms. The van der Waals surface area contributed by atoms with Gasteiger partial charge in [-0.2, -0.15) is 0 Å². The van der Waals surface area contributed by atoms with Crippen molar-refractivity contribution < 1.29 is 4.39 Å². The third kappa shape index (κ3) is 2.19. The van der Waals surface area contributed by atoms with Crippen LogP contribution in [0.5, 0.6) is 0 Å². The summed E-state index contributed by atoms with van der Waals surface area (Å²) in [6.45, 7) is 0. The van der Waals surface area contributed by atoms with E-state index in [0.717, 1.165) is 11.3 Å². The summed E-state index contributed by atoms with van der Waals surface area (Å²) in [5.74, 6) is 0.866. The second-order valence-corrected chi connectivity index (χ2v) is 4.94. The number of H-pyrrole nitrogens is 1. The first-order valence-corrected chi connectivity index (χ1v) is 6.46. The molecular formula is C13H10BrFN4. The van der Waals surface area contributed by atoms with Gasteiger partial charge in [-0.05, 0) is 30.3 Å². The van der Waals surface area contributed by atoms with Crippen LogP contribution in [0.3, 0.4) is 0 Å². The van der Waals surface area contributed by atoms with Gasteiger partial charge in [0.05, 0.1) is 11.1 Å². The van der Waals surface area contributed by atoms with Crippen molar-refractivity contribution in [2.45, 2.75) is 0 Å². The zero-order chi connectivity index (χ0) is 13.4. The van der Waals surface area contributed by atoms with Gasteiger partial charge >= 0.3 is 0 Å². The topological polar surface area (TPSA) is 53.6 Å². The number of hydrogen-bond acceptors (Lipinski definition) is 3. The lowest BCUT2D eigenvalue weighted by Crippen LogP contribution is -1.91. The Morgan fingerprint density at radius 3 is 2.79 bits per heavy atom. The van der Waals surface area contributed by atoms with Crippen molar-refractivity contribution in [2.24, 2.45) is 0 Å². The van der Waals surface area contributed by atoms with Crippen LogP contribution in [0.15, 0.2) is 34.8 Å². The van der Waals surface area contributed by atoms with E-state index in [4.69, 9.17) is 0 Å². The number of nitrogens with zero attached hydrogens (tertiary/aromatic N) is 2. The van der Waals surface area contributed by atoms with Crippen LogP contribution in [0.1, 0.15) is 0 Å². The van der Waals surface area contributed by atoms with E-state index < -0.39 is 0 Å². The van der Waals surface area contributed by atoms with Crippen LogP contribution in [0, 0.1) is 5.82 Å². The molecule has 4 nitrogen and oxygen atoms in total. The van der Waals surface area contributed by atoms with Crippen molar-refractivity contribution in [3.63, 3.8) is 0 Å². The lowest BCUT2D eigenvalue weighted by atomic mass is 10.2. The smallest absolute Gasteiger partial charge is 0.180 e. The maximum atomic E-state index is 13.9. The van der Waals surface area contributed by atoms with E-state index in [-0.39, 0.29) is 5.82 Å². The molecule has 0 spiro atoms. The molecule has 0 saturated heterocycles. The Labute approximate surface area is 117 Å². The monoisotopic (exact) mass is 320 g/mol. The molecule has 0 aliphatic carbocycles. The third-order valence-electron chi connectivity index (χ3n) is 2.79. The second-order valence-electron chi connectivity index (χ2n) is 4.03. The molecule has 2 aromatic heterocycles. The van der Waals surface area contributed by atoms with Crippen LogP contribution in [-0.4, -0.2) is 22.0 Å². The Hall–Kier alpha value is -1.95. The number of hydrogen-bond donors (Lipinski definition) is 2. The molecule has 3 aromatic rings. The number of aromatic nitrogens is 3. The number of pyridine rings is 1. The van der Waals surface area contributed by atoms with Crippen molar-refractivity contribution in [3.8, 4) is 11.4 Å². The summed E-state index contributed by atoms with van der Waals surface area (Å²) >= 11 is 3.23. The Balaban J connectivity index is 2.14. The predicted octanol–water partition coefficient (Wildman–Crippen LogP) is 3.57. The fourth-order valence-electron chi connectivity index (χ4n) is 1.84. The Morgan fingerprint density at radius 1 is 1.21 bits per heavy atom. The lowest BCUT2D eigenvalue weighted by molar-refractivity contribution is 0.629. The van der Waals surface area contributed by atoms with Crippen LogP contribution in [0.4, 0.5) is 10.2 Å². The second kappa shape index (κ2) is 4.62. The number of nitrogens with one attached hydrogen (secondary N) is 2. The van der Waals surface area contributed by atoms with E-state index in [2.05, 4.69) is 36.2 Å². The van der Waals surface area contributed by atoms with Gasteiger partial charge in [-0.1, -0.05) is 15.9 Å². The highest BCUT2D eigenvalue weighted by molar-refractivity contribution is 9.10. The maximum absolute atomic E-state index is 13.9. The molecule has 0 fully saturated rings. The summed E-state index contributed by atoms with van der Waals surface area (Å²) in [5, 5.41) is 2.94. The first-order chi connectivity index (χ1) is 9.17. The zero-order valence-corrected chi connectivity index (χ0v) is 11.6. The SMILES string of the molecule is CNc1ccc2[nH]c(-c3ccc(Br)cc3F)nc2n1. The standard InChI is InChI=1S/C13H10BrFN4/c1-16-11-5-4-10-13(18-11)19-12(17-10)8-3-2-7(14)6-9(8)15/h2-6H,1H3,(H2,16,17,18,19). The number of fused-ring (bicyclic) bond motifs is 1. The molecule has 2 N–H and O–H groups in total. The van der Waals surface area contributed by atoms with E-state index in [1.54, 1.807) is 19.2 Å². The highest BCUT2D eigenvalue weighted by Crippen LogP contribution is 2.25. The number of anilines is 1. The van der Waals surface area contributed by atoms with Gasteiger partial charge in [0, 0.05) is 11.5 Å². The van der Waals surface area contributed by atoms with Gasteiger partial charge in [0.25, 0.3) is 0 Å². The van der Waals surface area contributed by atoms with Gasteiger partial charge in [-0.15, -0.1) is 0 Å². The van der Waals surface area contributed by atoms with Crippen molar-refractivity contribution in [1.82, 2.24) is 15.0 Å². The molecule has 0 aliphatic heterocycles. The molecule has 6 heteroatoms. The Morgan fingerprint density at radius 2 is 2.05 bits per heavy atom. The van der Waals surface area contributed by atoms with E-state index >= 15 is 0 Å². The Bertz CT molecular complexity index is 753. The molecule has 0 unspecified atom stereocenters. The van der Waals surface area contributed by atoms with E-state index in [1.807, 2.05) is 12.1 Å². The molecule has 0 saturated carbocycles. The molecule has 0 radical (unpaired) electrons. The van der Waals surface area contributed by atoms with E-state index in [1.165, 1.54) is 6.07 Å². The van der Waals surface area contributed by atoms with Crippen molar-refractivity contribution in [2.75, 3.05) is 12.4 Å². The average Bonchev–Trinajstić information content (AvgIpc) is 2.80. The number of rotatable bonds is 2. The maximum Gasteiger partial charge on any atom is 0.180 e. The molecule has 0 amide bonds. The quantitative estimate of drug-likeness (QED) is 0.759. The summed E-state index contributed by atoms with van der Waals surface area (Å²) in [4.78, 5) is 11.7. The molecule has 0 atom stereocenters. The van der Waals surface area contributed by atoms with Crippen LogP contribution >= 0.6 is 15.9 Å².